The van der Waals surface area contributed by atoms with Crippen LogP contribution >= 0.6 is 0 Å². The Morgan fingerprint density at radius 2 is 1.96 bits per heavy atom. The van der Waals surface area contributed by atoms with Crippen LogP contribution < -0.4 is 10.1 Å². The molecule has 0 heterocycles. The zero-order valence-electron chi connectivity index (χ0n) is 17.2. The first-order valence-electron chi connectivity index (χ1n) is 9.62. The third kappa shape index (κ3) is 7.14. The summed E-state index contributed by atoms with van der Waals surface area (Å²) in [5.41, 5.74) is 0.716. The fourth-order valence-electron chi connectivity index (χ4n) is 2.86. The van der Waals surface area contributed by atoms with Crippen LogP contribution in [-0.4, -0.2) is 46.4 Å². The second kappa shape index (κ2) is 11.3. The molecule has 0 aromatic heterocycles. The minimum absolute atomic E-state index is 0.0205. The number of ether oxygens (including phenoxy) is 1. The number of unbranched alkanes of at least 4 members (excludes halogenated alkanes) is 1. The van der Waals surface area contributed by atoms with Crippen molar-refractivity contribution in [3.05, 3.63) is 23.8 Å². The van der Waals surface area contributed by atoms with E-state index in [2.05, 4.69) is 19.2 Å². The quantitative estimate of drug-likeness (QED) is 0.587. The first-order chi connectivity index (χ1) is 12.8. The lowest BCUT2D eigenvalue weighted by atomic mass is 9.99. The van der Waals surface area contributed by atoms with Crippen LogP contribution in [0.5, 0.6) is 5.75 Å². The number of carbonyl (C=O) groups excluding carboxylic acids is 1. The zero-order chi connectivity index (χ0) is 20.4. The molecule has 0 bridgehead atoms. The molecular formula is C20H34N2O4S. The maximum Gasteiger partial charge on any atom is 0.242 e. The van der Waals surface area contributed by atoms with Crippen LogP contribution in [0.15, 0.2) is 23.1 Å². The van der Waals surface area contributed by atoms with Crippen molar-refractivity contribution in [1.29, 1.82) is 0 Å². The number of aryl methyl sites for hydroxylation is 1. The van der Waals surface area contributed by atoms with E-state index in [4.69, 9.17) is 4.74 Å². The lowest BCUT2D eigenvalue weighted by Crippen LogP contribution is -2.29. The van der Waals surface area contributed by atoms with E-state index >= 15 is 0 Å². The minimum atomic E-state index is -3.52. The summed E-state index contributed by atoms with van der Waals surface area (Å²) in [7, 11) is 1.01. The molecule has 1 amide bonds. The Morgan fingerprint density at radius 1 is 1.26 bits per heavy atom. The van der Waals surface area contributed by atoms with Gasteiger partial charge in [0.05, 0.1) is 12.0 Å². The average molecular weight is 399 g/mol. The van der Waals surface area contributed by atoms with Crippen molar-refractivity contribution < 1.29 is 17.9 Å². The van der Waals surface area contributed by atoms with E-state index in [0.29, 0.717) is 36.6 Å². The molecule has 0 aliphatic heterocycles. The van der Waals surface area contributed by atoms with Crippen molar-refractivity contribution in [2.75, 3.05) is 27.7 Å². The van der Waals surface area contributed by atoms with E-state index in [-0.39, 0.29) is 10.8 Å². The van der Waals surface area contributed by atoms with Gasteiger partial charge in [-0.2, -0.15) is 0 Å². The molecule has 0 saturated heterocycles. The molecule has 154 valence electrons. The number of carbonyl (C=O) groups is 1. The molecule has 1 rings (SSSR count). The summed E-state index contributed by atoms with van der Waals surface area (Å²) < 4.78 is 31.1. The van der Waals surface area contributed by atoms with E-state index in [9.17, 15) is 13.2 Å². The smallest absolute Gasteiger partial charge is 0.242 e. The molecule has 1 N–H and O–H groups in total. The molecule has 1 atom stereocenters. The maximum absolute atomic E-state index is 12.3. The number of methoxy groups -OCH3 is 1. The highest BCUT2D eigenvalue weighted by atomic mass is 32.2. The van der Waals surface area contributed by atoms with Crippen LogP contribution in [0.3, 0.4) is 0 Å². The molecule has 0 radical (unpaired) electrons. The second-order valence-electron chi connectivity index (χ2n) is 6.98. The number of benzene rings is 1. The van der Waals surface area contributed by atoms with Gasteiger partial charge in [0.2, 0.25) is 15.9 Å². The monoisotopic (exact) mass is 398 g/mol. The van der Waals surface area contributed by atoms with E-state index < -0.39 is 10.0 Å². The SMILES string of the molecule is CCCC[C@H](CC)CNC(=O)CCc1cc(S(=O)(=O)N(C)C)ccc1OC. The molecule has 1 aromatic rings. The van der Waals surface area contributed by atoms with Gasteiger partial charge in [-0.15, -0.1) is 0 Å². The third-order valence-corrected chi connectivity index (χ3v) is 6.59. The lowest BCUT2D eigenvalue weighted by molar-refractivity contribution is -0.121. The van der Waals surface area contributed by atoms with Crippen LogP contribution in [0.2, 0.25) is 0 Å². The fourth-order valence-corrected chi connectivity index (χ4v) is 3.81. The molecule has 0 fully saturated rings. The summed E-state index contributed by atoms with van der Waals surface area (Å²) >= 11 is 0. The molecule has 0 saturated carbocycles. The summed E-state index contributed by atoms with van der Waals surface area (Å²) in [6.45, 7) is 5.01. The Balaban J connectivity index is 2.73. The molecule has 1 aromatic carbocycles. The molecule has 0 aliphatic rings. The lowest BCUT2D eigenvalue weighted by Gasteiger charge is -2.16. The largest absolute Gasteiger partial charge is 0.496 e. The summed E-state index contributed by atoms with van der Waals surface area (Å²) in [4.78, 5) is 12.4. The topological polar surface area (TPSA) is 75.7 Å². The van der Waals surface area contributed by atoms with Crippen LogP contribution in [0, 0.1) is 5.92 Å². The molecule has 0 spiro atoms. The highest BCUT2D eigenvalue weighted by Crippen LogP contribution is 2.25. The van der Waals surface area contributed by atoms with Crippen LogP contribution in [0.1, 0.15) is 51.5 Å². The van der Waals surface area contributed by atoms with E-state index in [1.807, 2.05) is 0 Å². The first kappa shape index (κ1) is 23.4. The van der Waals surface area contributed by atoms with Gasteiger partial charge < -0.3 is 10.1 Å². The number of nitrogens with one attached hydrogen (secondary N) is 1. The van der Waals surface area contributed by atoms with Gasteiger partial charge in [0.1, 0.15) is 5.75 Å². The molecule has 0 aliphatic carbocycles. The molecule has 27 heavy (non-hydrogen) atoms. The minimum Gasteiger partial charge on any atom is -0.496 e. The Kier molecular flexibility index (Phi) is 9.80. The van der Waals surface area contributed by atoms with Crippen molar-refractivity contribution >= 4 is 15.9 Å². The molecule has 6 nitrogen and oxygen atoms in total. The van der Waals surface area contributed by atoms with Gasteiger partial charge >= 0.3 is 0 Å². The van der Waals surface area contributed by atoms with Gasteiger partial charge in [0, 0.05) is 27.1 Å². The Bertz CT molecular complexity index is 702. The summed E-state index contributed by atoms with van der Waals surface area (Å²) in [5, 5.41) is 3.01. The van der Waals surface area contributed by atoms with E-state index in [1.54, 1.807) is 19.2 Å². The molecule has 7 heteroatoms. The van der Waals surface area contributed by atoms with E-state index in [1.165, 1.54) is 30.9 Å². The number of amides is 1. The number of hydrogen-bond acceptors (Lipinski definition) is 4. The van der Waals surface area contributed by atoms with Crippen molar-refractivity contribution in [3.63, 3.8) is 0 Å². The Hall–Kier alpha value is -1.60. The summed E-state index contributed by atoms with van der Waals surface area (Å²) in [6.07, 6.45) is 5.25. The van der Waals surface area contributed by atoms with Crippen molar-refractivity contribution in [2.24, 2.45) is 5.92 Å². The predicted molar refractivity (Wildman–Crippen MR) is 109 cm³/mol. The third-order valence-electron chi connectivity index (χ3n) is 4.78. The summed E-state index contributed by atoms with van der Waals surface area (Å²) in [6, 6.07) is 4.76. The highest BCUT2D eigenvalue weighted by Gasteiger charge is 2.19. The van der Waals surface area contributed by atoms with Gasteiger partial charge in [-0.05, 0) is 42.5 Å². The van der Waals surface area contributed by atoms with Gasteiger partial charge in [-0.1, -0.05) is 33.1 Å². The normalized spacial score (nSPS) is 12.8. The Morgan fingerprint density at radius 3 is 2.52 bits per heavy atom. The van der Waals surface area contributed by atoms with Gasteiger partial charge in [0.25, 0.3) is 0 Å². The van der Waals surface area contributed by atoms with Crippen molar-refractivity contribution in [2.45, 2.75) is 57.3 Å². The predicted octanol–water partition coefficient (Wildman–Crippen LogP) is 3.21. The van der Waals surface area contributed by atoms with Crippen LogP contribution in [0.4, 0.5) is 0 Å². The fraction of sp³-hybridized carbons (Fsp3) is 0.650. The number of sulfonamides is 1. The van der Waals surface area contributed by atoms with Gasteiger partial charge in [0.15, 0.2) is 0 Å². The number of nitrogens with zero attached hydrogens (tertiary/aromatic N) is 1. The van der Waals surface area contributed by atoms with Gasteiger partial charge in [-0.3, -0.25) is 4.79 Å². The molecular weight excluding hydrogens is 364 g/mol. The van der Waals surface area contributed by atoms with Crippen LogP contribution in [-0.2, 0) is 21.2 Å². The number of rotatable bonds is 12. The maximum atomic E-state index is 12.3. The first-order valence-corrected chi connectivity index (χ1v) is 11.1. The zero-order valence-corrected chi connectivity index (χ0v) is 18.1. The summed E-state index contributed by atoms with van der Waals surface area (Å²) in [5.74, 6) is 1.08. The van der Waals surface area contributed by atoms with Crippen LogP contribution in [0.25, 0.3) is 0 Å². The van der Waals surface area contributed by atoms with E-state index in [0.717, 1.165) is 19.3 Å². The number of hydrogen-bond donors (Lipinski definition) is 1. The highest BCUT2D eigenvalue weighted by molar-refractivity contribution is 7.89. The second-order valence-corrected chi connectivity index (χ2v) is 9.13. The van der Waals surface area contributed by atoms with Crippen molar-refractivity contribution in [3.8, 4) is 5.75 Å². The van der Waals surface area contributed by atoms with Crippen molar-refractivity contribution in [1.82, 2.24) is 9.62 Å². The molecule has 0 unspecified atom stereocenters. The Labute approximate surface area is 164 Å². The average Bonchev–Trinajstić information content (AvgIpc) is 2.66. The van der Waals surface area contributed by atoms with Gasteiger partial charge in [-0.25, -0.2) is 12.7 Å². The standard InChI is InChI=1S/C20H34N2O4S/c1-6-8-9-16(7-2)15-21-20(23)13-10-17-14-18(11-12-19(17)26-5)27(24,25)22(3)4/h11-12,14,16H,6-10,13,15H2,1-5H3,(H,21,23)/t16-/m0/s1.